The molecule has 0 heterocycles. The zero-order valence-electron chi connectivity index (χ0n) is 11.9. The summed E-state index contributed by atoms with van der Waals surface area (Å²) in [6.45, 7) is 0.195. The van der Waals surface area contributed by atoms with Crippen LogP contribution in [0.5, 0.6) is 11.5 Å². The molecule has 2 rings (SSSR count). The Hall–Kier alpha value is -1.91. The molecule has 0 radical (unpaired) electrons. The minimum absolute atomic E-state index is 0.178. The summed E-state index contributed by atoms with van der Waals surface area (Å²) < 4.78 is 10.6. The monoisotopic (exact) mass is 339 g/mol. The largest absolute Gasteiger partial charge is 0.495 e. The lowest BCUT2D eigenvalue weighted by Crippen LogP contribution is -2.15. The standard InChI is InChI=1S/C16H15Cl2NO3/c1-21-13-7-3-2-6-12(13)19-15(20)9-10-22-14-8-4-5-11(17)16(14)18/h2-8H,9-10H2,1H3,(H,19,20). The van der Waals surface area contributed by atoms with Crippen molar-refractivity contribution in [1.82, 2.24) is 0 Å². The van der Waals surface area contributed by atoms with Crippen molar-refractivity contribution in [2.24, 2.45) is 0 Å². The van der Waals surface area contributed by atoms with E-state index in [9.17, 15) is 4.79 Å². The van der Waals surface area contributed by atoms with E-state index in [2.05, 4.69) is 5.32 Å². The van der Waals surface area contributed by atoms with Crippen LogP contribution in [0.2, 0.25) is 10.0 Å². The van der Waals surface area contributed by atoms with Crippen LogP contribution in [-0.2, 0) is 4.79 Å². The normalized spacial score (nSPS) is 10.1. The molecule has 0 aliphatic rings. The van der Waals surface area contributed by atoms with Crippen molar-refractivity contribution < 1.29 is 14.3 Å². The van der Waals surface area contributed by atoms with Crippen molar-refractivity contribution in [2.45, 2.75) is 6.42 Å². The van der Waals surface area contributed by atoms with Gasteiger partial charge in [-0.2, -0.15) is 0 Å². The van der Waals surface area contributed by atoms with Crippen LogP contribution >= 0.6 is 23.2 Å². The fraction of sp³-hybridized carbons (Fsp3) is 0.188. The molecule has 4 nitrogen and oxygen atoms in total. The SMILES string of the molecule is COc1ccccc1NC(=O)CCOc1cccc(Cl)c1Cl. The molecule has 0 saturated heterocycles. The van der Waals surface area contributed by atoms with E-state index in [1.807, 2.05) is 12.1 Å². The van der Waals surface area contributed by atoms with E-state index < -0.39 is 0 Å². The van der Waals surface area contributed by atoms with Gasteiger partial charge in [0.15, 0.2) is 0 Å². The van der Waals surface area contributed by atoms with Gasteiger partial charge in [-0.05, 0) is 24.3 Å². The Bertz CT molecular complexity index is 662. The summed E-state index contributed by atoms with van der Waals surface area (Å²) in [6.07, 6.45) is 0.181. The summed E-state index contributed by atoms with van der Waals surface area (Å²) in [4.78, 5) is 11.9. The highest BCUT2D eigenvalue weighted by atomic mass is 35.5. The zero-order valence-corrected chi connectivity index (χ0v) is 13.4. The average molecular weight is 340 g/mol. The Morgan fingerprint density at radius 2 is 1.82 bits per heavy atom. The predicted octanol–water partition coefficient (Wildman–Crippen LogP) is 4.41. The molecule has 6 heteroatoms. The maximum Gasteiger partial charge on any atom is 0.227 e. The number of para-hydroxylation sites is 2. The number of ether oxygens (including phenoxy) is 2. The van der Waals surface area contributed by atoms with E-state index in [0.717, 1.165) is 0 Å². The molecule has 0 bridgehead atoms. The summed E-state index contributed by atoms with van der Waals surface area (Å²) >= 11 is 11.9. The number of carbonyl (C=O) groups is 1. The van der Waals surface area contributed by atoms with Gasteiger partial charge in [-0.1, -0.05) is 41.4 Å². The minimum atomic E-state index is -0.178. The highest BCUT2D eigenvalue weighted by Crippen LogP contribution is 2.31. The highest BCUT2D eigenvalue weighted by molar-refractivity contribution is 6.42. The van der Waals surface area contributed by atoms with Crippen molar-refractivity contribution >= 4 is 34.8 Å². The van der Waals surface area contributed by atoms with E-state index >= 15 is 0 Å². The zero-order chi connectivity index (χ0) is 15.9. The second kappa shape index (κ2) is 7.92. The number of rotatable bonds is 6. The first-order valence-electron chi connectivity index (χ1n) is 6.61. The molecule has 2 aromatic carbocycles. The molecule has 0 spiro atoms. The molecule has 0 aliphatic carbocycles. The topological polar surface area (TPSA) is 47.6 Å². The summed E-state index contributed by atoms with van der Waals surface area (Å²) in [5, 5.41) is 3.53. The molecule has 0 aliphatic heterocycles. The first kappa shape index (κ1) is 16.5. The van der Waals surface area contributed by atoms with Crippen LogP contribution in [0.3, 0.4) is 0 Å². The van der Waals surface area contributed by atoms with E-state index in [1.54, 1.807) is 37.4 Å². The molecule has 2 aromatic rings. The molecule has 0 fully saturated rings. The minimum Gasteiger partial charge on any atom is -0.495 e. The molecular weight excluding hydrogens is 325 g/mol. The number of hydrogen-bond acceptors (Lipinski definition) is 3. The molecule has 1 amide bonds. The molecule has 0 unspecified atom stereocenters. The van der Waals surface area contributed by atoms with Crippen molar-refractivity contribution in [3.8, 4) is 11.5 Å². The van der Waals surface area contributed by atoms with Crippen molar-refractivity contribution in [1.29, 1.82) is 0 Å². The fourth-order valence-electron chi connectivity index (χ4n) is 1.81. The van der Waals surface area contributed by atoms with Gasteiger partial charge in [0.1, 0.15) is 16.5 Å². The van der Waals surface area contributed by atoms with Crippen LogP contribution in [0.15, 0.2) is 42.5 Å². The second-order valence-corrected chi connectivity index (χ2v) is 5.18. The van der Waals surface area contributed by atoms with Gasteiger partial charge in [0.05, 0.1) is 30.8 Å². The van der Waals surface area contributed by atoms with Crippen molar-refractivity contribution in [3.63, 3.8) is 0 Å². The van der Waals surface area contributed by atoms with Crippen LogP contribution < -0.4 is 14.8 Å². The number of halogens is 2. The molecule has 22 heavy (non-hydrogen) atoms. The van der Waals surface area contributed by atoms with Crippen LogP contribution in [0.4, 0.5) is 5.69 Å². The van der Waals surface area contributed by atoms with Gasteiger partial charge in [0.25, 0.3) is 0 Å². The van der Waals surface area contributed by atoms with Gasteiger partial charge >= 0.3 is 0 Å². The van der Waals surface area contributed by atoms with Crippen molar-refractivity contribution in [2.75, 3.05) is 19.0 Å². The quantitative estimate of drug-likeness (QED) is 0.847. The number of benzene rings is 2. The molecule has 0 aromatic heterocycles. The number of anilines is 1. The smallest absolute Gasteiger partial charge is 0.227 e. The first-order chi connectivity index (χ1) is 10.6. The van der Waals surface area contributed by atoms with Gasteiger partial charge in [-0.3, -0.25) is 4.79 Å². The number of hydrogen-bond donors (Lipinski definition) is 1. The molecule has 1 N–H and O–H groups in total. The third-order valence-corrected chi connectivity index (χ3v) is 3.69. The third-order valence-electron chi connectivity index (χ3n) is 2.88. The fourth-order valence-corrected chi connectivity index (χ4v) is 2.16. The number of nitrogens with one attached hydrogen (secondary N) is 1. The predicted molar refractivity (Wildman–Crippen MR) is 88.2 cm³/mol. The maximum atomic E-state index is 11.9. The lowest BCUT2D eigenvalue weighted by Gasteiger charge is -2.11. The first-order valence-corrected chi connectivity index (χ1v) is 7.37. The summed E-state index contributed by atoms with van der Waals surface area (Å²) in [5.41, 5.74) is 0.621. The Morgan fingerprint density at radius 3 is 2.59 bits per heavy atom. The molecular formula is C16H15Cl2NO3. The van der Waals surface area contributed by atoms with Gasteiger partial charge in [-0.15, -0.1) is 0 Å². The van der Waals surface area contributed by atoms with E-state index in [1.165, 1.54) is 0 Å². The second-order valence-electron chi connectivity index (χ2n) is 4.40. The number of amides is 1. The molecule has 0 atom stereocenters. The van der Waals surface area contributed by atoms with Gasteiger partial charge in [-0.25, -0.2) is 0 Å². The lowest BCUT2D eigenvalue weighted by atomic mass is 10.3. The number of methoxy groups -OCH3 is 1. The summed E-state index contributed by atoms with van der Waals surface area (Å²) in [5.74, 6) is 0.886. The van der Waals surface area contributed by atoms with Crippen LogP contribution in [0, 0.1) is 0 Å². The van der Waals surface area contributed by atoms with E-state index in [-0.39, 0.29) is 18.9 Å². The summed E-state index contributed by atoms with van der Waals surface area (Å²) in [6, 6.07) is 12.3. The van der Waals surface area contributed by atoms with Gasteiger partial charge in [0.2, 0.25) is 5.91 Å². The third kappa shape index (κ3) is 4.29. The Balaban J connectivity index is 1.87. The van der Waals surface area contributed by atoms with Crippen LogP contribution in [-0.4, -0.2) is 19.6 Å². The van der Waals surface area contributed by atoms with E-state index in [0.29, 0.717) is 27.2 Å². The van der Waals surface area contributed by atoms with Crippen molar-refractivity contribution in [3.05, 3.63) is 52.5 Å². The molecule has 116 valence electrons. The molecule has 0 saturated carbocycles. The van der Waals surface area contributed by atoms with E-state index in [4.69, 9.17) is 32.7 Å². The van der Waals surface area contributed by atoms with Crippen LogP contribution in [0.25, 0.3) is 0 Å². The lowest BCUT2D eigenvalue weighted by molar-refractivity contribution is -0.116. The number of carbonyl (C=O) groups excluding carboxylic acids is 1. The highest BCUT2D eigenvalue weighted by Gasteiger charge is 2.09. The summed E-state index contributed by atoms with van der Waals surface area (Å²) in [7, 11) is 1.55. The van der Waals surface area contributed by atoms with Gasteiger partial charge < -0.3 is 14.8 Å². The average Bonchev–Trinajstić information content (AvgIpc) is 2.52. The van der Waals surface area contributed by atoms with Gasteiger partial charge in [0, 0.05) is 0 Å². The Labute approximate surface area is 138 Å². The maximum absolute atomic E-state index is 11.9. The van der Waals surface area contributed by atoms with Crippen LogP contribution in [0.1, 0.15) is 6.42 Å². The Kier molecular flexibility index (Phi) is 5.92. The Morgan fingerprint density at radius 1 is 1.09 bits per heavy atom.